The van der Waals surface area contributed by atoms with E-state index < -0.39 is 0 Å². The monoisotopic (exact) mass is 252 g/mol. The molecule has 0 atom stereocenters. The van der Waals surface area contributed by atoms with E-state index in [1.165, 1.54) is 17.5 Å². The van der Waals surface area contributed by atoms with E-state index in [-0.39, 0.29) is 0 Å². The summed E-state index contributed by atoms with van der Waals surface area (Å²) in [5, 5.41) is 5.36. The van der Waals surface area contributed by atoms with Crippen molar-refractivity contribution in [3.05, 3.63) is 28.2 Å². The van der Waals surface area contributed by atoms with Gasteiger partial charge in [-0.25, -0.2) is 4.98 Å². The zero-order chi connectivity index (χ0) is 11.0. The van der Waals surface area contributed by atoms with Crippen molar-refractivity contribution >= 4 is 33.2 Å². The number of hydrogen-bond donors (Lipinski definition) is 1. The van der Waals surface area contributed by atoms with Gasteiger partial charge in [-0.3, -0.25) is 0 Å². The van der Waals surface area contributed by atoms with E-state index in [1.54, 1.807) is 11.3 Å². The Balaban J connectivity index is 1.71. The minimum absolute atomic E-state index is 0.760. The van der Waals surface area contributed by atoms with Crippen LogP contribution in [0.5, 0.6) is 0 Å². The lowest BCUT2D eigenvalue weighted by atomic mass is 10.3. The molecule has 0 radical (unpaired) electrons. The van der Waals surface area contributed by atoms with Crippen LogP contribution >= 0.6 is 22.9 Å². The van der Waals surface area contributed by atoms with Crippen molar-refractivity contribution in [2.45, 2.75) is 19.4 Å². The first kappa shape index (κ1) is 10.5. The Kier molecular flexibility index (Phi) is 2.84. The molecule has 16 heavy (non-hydrogen) atoms. The van der Waals surface area contributed by atoms with Gasteiger partial charge < -0.3 is 5.32 Å². The molecule has 1 fully saturated rings. The molecular formula is C12H13ClN2S. The van der Waals surface area contributed by atoms with Gasteiger partial charge in [-0.05, 0) is 43.5 Å². The van der Waals surface area contributed by atoms with Gasteiger partial charge in [0, 0.05) is 11.6 Å². The largest absolute Gasteiger partial charge is 0.310 e. The van der Waals surface area contributed by atoms with Crippen LogP contribution < -0.4 is 5.32 Å². The molecule has 1 aromatic carbocycles. The van der Waals surface area contributed by atoms with Crippen molar-refractivity contribution in [1.29, 1.82) is 0 Å². The highest BCUT2D eigenvalue weighted by Gasteiger charge is 2.20. The molecule has 1 saturated carbocycles. The Morgan fingerprint density at radius 1 is 1.44 bits per heavy atom. The molecule has 2 nitrogen and oxygen atoms in total. The molecule has 1 aliphatic carbocycles. The maximum atomic E-state index is 5.93. The molecule has 1 N–H and O–H groups in total. The smallest absolute Gasteiger partial charge is 0.108 e. The molecular weight excluding hydrogens is 240 g/mol. The van der Waals surface area contributed by atoms with Crippen LogP contribution in [0.3, 0.4) is 0 Å². The predicted octanol–water partition coefficient (Wildman–Crippen LogP) is 3.45. The molecule has 84 valence electrons. The molecule has 3 rings (SSSR count). The van der Waals surface area contributed by atoms with Gasteiger partial charge in [0.1, 0.15) is 5.01 Å². The van der Waals surface area contributed by atoms with Gasteiger partial charge >= 0.3 is 0 Å². The predicted molar refractivity (Wildman–Crippen MR) is 69.1 cm³/mol. The Morgan fingerprint density at radius 3 is 3.12 bits per heavy atom. The standard InChI is InChI=1S/C12H13ClN2S/c13-9-3-4-11-10(5-9)15-12(16-11)7-14-6-8-1-2-8/h3-5,8,14H,1-2,6-7H2. The summed E-state index contributed by atoms with van der Waals surface area (Å²) in [5.41, 5.74) is 1.01. The summed E-state index contributed by atoms with van der Waals surface area (Å²) >= 11 is 7.68. The second-order valence-electron chi connectivity index (χ2n) is 4.29. The third kappa shape index (κ3) is 2.37. The fourth-order valence-electron chi connectivity index (χ4n) is 1.73. The normalized spacial score (nSPS) is 15.8. The van der Waals surface area contributed by atoms with Gasteiger partial charge in [0.2, 0.25) is 0 Å². The van der Waals surface area contributed by atoms with E-state index in [0.29, 0.717) is 0 Å². The van der Waals surface area contributed by atoms with Crippen molar-refractivity contribution in [2.75, 3.05) is 6.54 Å². The minimum atomic E-state index is 0.760. The highest BCUT2D eigenvalue weighted by Crippen LogP contribution is 2.28. The number of thiazole rings is 1. The minimum Gasteiger partial charge on any atom is -0.310 e. The SMILES string of the molecule is Clc1ccc2sc(CNCC3CC3)nc2c1. The van der Waals surface area contributed by atoms with Crippen LogP contribution in [0.25, 0.3) is 10.2 Å². The van der Waals surface area contributed by atoms with Crippen LogP contribution in [-0.2, 0) is 6.54 Å². The average molecular weight is 253 g/mol. The van der Waals surface area contributed by atoms with Crippen LogP contribution in [0.15, 0.2) is 18.2 Å². The molecule has 2 aromatic rings. The first-order chi connectivity index (χ1) is 7.81. The first-order valence-electron chi connectivity index (χ1n) is 5.57. The summed E-state index contributed by atoms with van der Waals surface area (Å²) in [7, 11) is 0. The number of hydrogen-bond acceptors (Lipinski definition) is 3. The van der Waals surface area contributed by atoms with Gasteiger partial charge in [0.15, 0.2) is 0 Å². The van der Waals surface area contributed by atoms with E-state index >= 15 is 0 Å². The third-order valence-corrected chi connectivity index (χ3v) is 4.07. The first-order valence-corrected chi connectivity index (χ1v) is 6.76. The average Bonchev–Trinajstić information content (AvgIpc) is 2.98. The molecule has 0 saturated heterocycles. The quantitative estimate of drug-likeness (QED) is 0.902. The van der Waals surface area contributed by atoms with Gasteiger partial charge in [0.25, 0.3) is 0 Å². The molecule has 0 bridgehead atoms. The lowest BCUT2D eigenvalue weighted by Gasteiger charge is -1.98. The van der Waals surface area contributed by atoms with Crippen LogP contribution in [0.4, 0.5) is 0 Å². The molecule has 0 amide bonds. The third-order valence-electron chi connectivity index (χ3n) is 2.80. The Labute approximate surface area is 104 Å². The molecule has 0 unspecified atom stereocenters. The maximum Gasteiger partial charge on any atom is 0.108 e. The summed E-state index contributed by atoms with van der Waals surface area (Å²) in [6, 6.07) is 5.89. The summed E-state index contributed by atoms with van der Waals surface area (Å²) < 4.78 is 1.22. The van der Waals surface area contributed by atoms with E-state index in [9.17, 15) is 0 Å². The van der Waals surface area contributed by atoms with Crippen LogP contribution in [0.2, 0.25) is 5.02 Å². The molecule has 0 aliphatic heterocycles. The fraction of sp³-hybridized carbons (Fsp3) is 0.417. The van der Waals surface area contributed by atoms with Crippen molar-refractivity contribution in [3.8, 4) is 0 Å². The number of rotatable bonds is 4. The summed E-state index contributed by atoms with van der Waals surface area (Å²) in [6.45, 7) is 2.02. The highest BCUT2D eigenvalue weighted by molar-refractivity contribution is 7.18. The van der Waals surface area contributed by atoms with Gasteiger partial charge in [-0.1, -0.05) is 11.6 Å². The van der Waals surface area contributed by atoms with Gasteiger partial charge in [-0.2, -0.15) is 0 Å². The molecule has 4 heteroatoms. The van der Waals surface area contributed by atoms with Crippen LogP contribution in [-0.4, -0.2) is 11.5 Å². The molecule has 1 aliphatic rings. The number of fused-ring (bicyclic) bond motifs is 1. The lowest BCUT2D eigenvalue weighted by molar-refractivity contribution is 0.637. The second-order valence-corrected chi connectivity index (χ2v) is 5.85. The fourth-order valence-corrected chi connectivity index (χ4v) is 2.81. The summed E-state index contributed by atoms with van der Waals surface area (Å²) in [5.74, 6) is 0.920. The molecule has 0 spiro atoms. The Morgan fingerprint density at radius 2 is 2.31 bits per heavy atom. The zero-order valence-corrected chi connectivity index (χ0v) is 10.4. The number of nitrogens with zero attached hydrogens (tertiary/aromatic N) is 1. The topological polar surface area (TPSA) is 24.9 Å². The van der Waals surface area contributed by atoms with E-state index in [1.807, 2.05) is 18.2 Å². The van der Waals surface area contributed by atoms with Crippen molar-refractivity contribution < 1.29 is 0 Å². The van der Waals surface area contributed by atoms with Crippen LogP contribution in [0.1, 0.15) is 17.8 Å². The number of halogens is 1. The summed E-state index contributed by atoms with van der Waals surface area (Å²) in [6.07, 6.45) is 2.78. The van der Waals surface area contributed by atoms with E-state index in [4.69, 9.17) is 11.6 Å². The van der Waals surface area contributed by atoms with E-state index in [0.717, 1.165) is 34.6 Å². The van der Waals surface area contributed by atoms with Gasteiger partial charge in [0.05, 0.1) is 10.2 Å². The van der Waals surface area contributed by atoms with Crippen molar-refractivity contribution in [1.82, 2.24) is 10.3 Å². The zero-order valence-electron chi connectivity index (χ0n) is 8.87. The maximum absolute atomic E-state index is 5.93. The number of nitrogens with one attached hydrogen (secondary N) is 1. The molecule has 1 heterocycles. The molecule has 1 aromatic heterocycles. The van der Waals surface area contributed by atoms with Gasteiger partial charge in [-0.15, -0.1) is 11.3 Å². The Bertz CT molecular complexity index is 505. The van der Waals surface area contributed by atoms with Crippen molar-refractivity contribution in [2.24, 2.45) is 5.92 Å². The highest BCUT2D eigenvalue weighted by atomic mass is 35.5. The summed E-state index contributed by atoms with van der Waals surface area (Å²) in [4.78, 5) is 4.56. The number of benzene rings is 1. The second kappa shape index (κ2) is 4.32. The van der Waals surface area contributed by atoms with Crippen LogP contribution in [0, 0.1) is 5.92 Å². The van der Waals surface area contributed by atoms with E-state index in [2.05, 4.69) is 10.3 Å². The van der Waals surface area contributed by atoms with Crippen molar-refractivity contribution in [3.63, 3.8) is 0 Å². The Hall–Kier alpha value is -0.640. The number of aromatic nitrogens is 1. The lowest BCUT2D eigenvalue weighted by Crippen LogP contribution is -2.15.